The van der Waals surface area contributed by atoms with Gasteiger partial charge in [-0.2, -0.15) is 0 Å². The molecular weight excluding hydrogens is 254 g/mol. The zero-order valence-electron chi connectivity index (χ0n) is 11.7. The lowest BCUT2D eigenvalue weighted by molar-refractivity contribution is 0.0997. The molecule has 1 amide bonds. The first-order valence-corrected chi connectivity index (χ1v) is 6.65. The van der Waals surface area contributed by atoms with Gasteiger partial charge >= 0.3 is 0 Å². The minimum atomic E-state index is -0.308. The van der Waals surface area contributed by atoms with Crippen LogP contribution in [-0.4, -0.2) is 19.0 Å². The summed E-state index contributed by atoms with van der Waals surface area (Å²) in [6.07, 6.45) is 0. The molecule has 3 N–H and O–H groups in total. The maximum Gasteiger partial charge on any atom is 0.291 e. The zero-order chi connectivity index (χ0) is 14.5. The molecule has 0 spiro atoms. The SMILES string of the molecule is CCN(CC)c1ccc(NC(=O)c2ccc(N)o2)cc1. The topological polar surface area (TPSA) is 71.5 Å². The van der Waals surface area contributed by atoms with Gasteiger partial charge in [-0.25, -0.2) is 0 Å². The van der Waals surface area contributed by atoms with Gasteiger partial charge in [0.2, 0.25) is 0 Å². The standard InChI is InChI=1S/C15H19N3O2/c1-3-18(4-2)12-7-5-11(6-8-12)17-15(19)13-9-10-14(16)20-13/h5-10H,3-4,16H2,1-2H3,(H,17,19). The van der Waals surface area contributed by atoms with Crippen molar-refractivity contribution in [3.63, 3.8) is 0 Å². The number of rotatable bonds is 5. The molecule has 1 aromatic carbocycles. The third-order valence-corrected chi connectivity index (χ3v) is 3.10. The molecule has 0 radical (unpaired) electrons. The van der Waals surface area contributed by atoms with E-state index in [1.54, 1.807) is 12.1 Å². The lowest BCUT2D eigenvalue weighted by Gasteiger charge is -2.21. The van der Waals surface area contributed by atoms with Crippen LogP contribution in [0.1, 0.15) is 24.4 Å². The molecule has 0 fully saturated rings. The molecule has 106 valence electrons. The van der Waals surface area contributed by atoms with E-state index in [1.165, 1.54) is 0 Å². The predicted octanol–water partition coefficient (Wildman–Crippen LogP) is 2.96. The van der Waals surface area contributed by atoms with Gasteiger partial charge in [-0.15, -0.1) is 0 Å². The van der Waals surface area contributed by atoms with Gasteiger partial charge in [0.15, 0.2) is 11.6 Å². The van der Waals surface area contributed by atoms with Gasteiger partial charge in [0.05, 0.1) is 0 Å². The number of anilines is 3. The fourth-order valence-electron chi connectivity index (χ4n) is 2.01. The van der Waals surface area contributed by atoms with Crippen LogP contribution in [0.2, 0.25) is 0 Å². The van der Waals surface area contributed by atoms with Crippen molar-refractivity contribution in [3.05, 3.63) is 42.2 Å². The van der Waals surface area contributed by atoms with Crippen molar-refractivity contribution in [3.8, 4) is 0 Å². The summed E-state index contributed by atoms with van der Waals surface area (Å²) in [5, 5.41) is 2.77. The quantitative estimate of drug-likeness (QED) is 0.878. The molecule has 1 aromatic heterocycles. The highest BCUT2D eigenvalue weighted by molar-refractivity contribution is 6.02. The molecule has 1 heterocycles. The number of carbonyl (C=O) groups is 1. The van der Waals surface area contributed by atoms with Crippen molar-refractivity contribution in [2.75, 3.05) is 29.0 Å². The number of carbonyl (C=O) groups excluding carboxylic acids is 1. The number of nitrogens with zero attached hydrogens (tertiary/aromatic N) is 1. The second kappa shape index (κ2) is 6.14. The van der Waals surface area contributed by atoms with E-state index in [0.717, 1.165) is 24.5 Å². The summed E-state index contributed by atoms with van der Waals surface area (Å²) < 4.78 is 5.07. The van der Waals surface area contributed by atoms with E-state index in [4.69, 9.17) is 10.2 Å². The number of nitrogens with one attached hydrogen (secondary N) is 1. The largest absolute Gasteiger partial charge is 0.436 e. The summed E-state index contributed by atoms with van der Waals surface area (Å²) in [4.78, 5) is 14.1. The summed E-state index contributed by atoms with van der Waals surface area (Å²) >= 11 is 0. The minimum Gasteiger partial charge on any atom is -0.436 e. The third kappa shape index (κ3) is 3.12. The van der Waals surface area contributed by atoms with Crippen LogP contribution in [0, 0.1) is 0 Å². The Balaban J connectivity index is 2.05. The maximum atomic E-state index is 11.9. The second-order valence-electron chi connectivity index (χ2n) is 4.38. The fraction of sp³-hybridized carbons (Fsp3) is 0.267. The first kappa shape index (κ1) is 14.0. The lowest BCUT2D eigenvalue weighted by Crippen LogP contribution is -2.21. The van der Waals surface area contributed by atoms with Crippen LogP contribution in [0.15, 0.2) is 40.8 Å². The van der Waals surface area contributed by atoms with Crippen LogP contribution in [0.25, 0.3) is 0 Å². The van der Waals surface area contributed by atoms with Crippen LogP contribution >= 0.6 is 0 Å². The number of benzene rings is 1. The van der Waals surface area contributed by atoms with E-state index >= 15 is 0 Å². The highest BCUT2D eigenvalue weighted by Crippen LogP contribution is 2.19. The minimum absolute atomic E-state index is 0.204. The van der Waals surface area contributed by atoms with E-state index in [1.807, 2.05) is 24.3 Å². The highest BCUT2D eigenvalue weighted by atomic mass is 16.4. The van der Waals surface area contributed by atoms with E-state index in [9.17, 15) is 4.79 Å². The number of furan rings is 1. The number of hydrogen-bond acceptors (Lipinski definition) is 4. The molecule has 5 heteroatoms. The Kier molecular flexibility index (Phi) is 4.30. The monoisotopic (exact) mass is 273 g/mol. The predicted molar refractivity (Wildman–Crippen MR) is 81.1 cm³/mol. The van der Waals surface area contributed by atoms with Gasteiger partial charge in [-0.1, -0.05) is 0 Å². The first-order chi connectivity index (χ1) is 9.63. The Labute approximate surface area is 118 Å². The first-order valence-electron chi connectivity index (χ1n) is 6.65. The number of hydrogen-bond donors (Lipinski definition) is 2. The molecule has 0 bridgehead atoms. The van der Waals surface area contributed by atoms with Crippen molar-refractivity contribution in [1.82, 2.24) is 0 Å². The van der Waals surface area contributed by atoms with Gasteiger partial charge in [0, 0.05) is 30.5 Å². The Bertz CT molecular complexity index is 571. The number of nitrogens with two attached hydrogens (primary N) is 1. The Morgan fingerprint density at radius 3 is 2.30 bits per heavy atom. The maximum absolute atomic E-state index is 11.9. The van der Waals surface area contributed by atoms with Crippen molar-refractivity contribution < 1.29 is 9.21 Å². The highest BCUT2D eigenvalue weighted by Gasteiger charge is 2.10. The van der Waals surface area contributed by atoms with Gasteiger partial charge in [-0.3, -0.25) is 4.79 Å². The van der Waals surface area contributed by atoms with Crippen LogP contribution < -0.4 is 16.0 Å². The molecule has 0 atom stereocenters. The number of nitrogen functional groups attached to an aromatic ring is 1. The molecule has 0 unspecified atom stereocenters. The Hall–Kier alpha value is -2.43. The van der Waals surface area contributed by atoms with Gasteiger partial charge in [0.25, 0.3) is 5.91 Å². The molecule has 0 aliphatic carbocycles. The lowest BCUT2D eigenvalue weighted by atomic mass is 10.2. The van der Waals surface area contributed by atoms with Crippen molar-refractivity contribution in [2.45, 2.75) is 13.8 Å². The van der Waals surface area contributed by atoms with Gasteiger partial charge < -0.3 is 20.4 Å². The number of amides is 1. The van der Waals surface area contributed by atoms with Crippen LogP contribution in [0.4, 0.5) is 17.3 Å². The smallest absolute Gasteiger partial charge is 0.291 e. The third-order valence-electron chi connectivity index (χ3n) is 3.10. The van der Waals surface area contributed by atoms with Crippen LogP contribution in [0.3, 0.4) is 0 Å². The average Bonchev–Trinajstić information content (AvgIpc) is 2.89. The van der Waals surface area contributed by atoms with Crippen LogP contribution in [-0.2, 0) is 0 Å². The van der Waals surface area contributed by atoms with Crippen molar-refractivity contribution in [2.24, 2.45) is 0 Å². The van der Waals surface area contributed by atoms with Crippen molar-refractivity contribution in [1.29, 1.82) is 0 Å². The van der Waals surface area contributed by atoms with E-state index in [-0.39, 0.29) is 17.6 Å². The Morgan fingerprint density at radius 1 is 1.15 bits per heavy atom. The van der Waals surface area contributed by atoms with E-state index in [2.05, 4.69) is 24.1 Å². The molecule has 0 saturated heterocycles. The molecule has 0 saturated carbocycles. The molecule has 2 aromatic rings. The van der Waals surface area contributed by atoms with Gasteiger partial charge in [0.1, 0.15) is 0 Å². The zero-order valence-corrected chi connectivity index (χ0v) is 11.7. The van der Waals surface area contributed by atoms with Crippen LogP contribution in [0.5, 0.6) is 0 Å². The average molecular weight is 273 g/mol. The van der Waals surface area contributed by atoms with E-state index in [0.29, 0.717) is 0 Å². The summed E-state index contributed by atoms with van der Waals surface area (Å²) in [7, 11) is 0. The molecule has 5 nitrogen and oxygen atoms in total. The summed E-state index contributed by atoms with van der Waals surface area (Å²) in [5.74, 6) is 0.125. The fourth-order valence-corrected chi connectivity index (χ4v) is 2.01. The normalized spacial score (nSPS) is 10.3. The van der Waals surface area contributed by atoms with E-state index < -0.39 is 0 Å². The molecule has 0 aliphatic heterocycles. The summed E-state index contributed by atoms with van der Waals surface area (Å²) in [5.41, 5.74) is 7.30. The molecule has 0 aliphatic rings. The molecule has 2 rings (SSSR count). The van der Waals surface area contributed by atoms with Gasteiger partial charge in [-0.05, 0) is 44.2 Å². The van der Waals surface area contributed by atoms with Crippen molar-refractivity contribution >= 4 is 23.2 Å². The summed E-state index contributed by atoms with van der Waals surface area (Å²) in [6, 6.07) is 10.8. The second-order valence-corrected chi connectivity index (χ2v) is 4.38. The molecule has 20 heavy (non-hydrogen) atoms. The summed E-state index contributed by atoms with van der Waals surface area (Å²) in [6.45, 7) is 6.13. The molecular formula is C15H19N3O2. The Morgan fingerprint density at radius 2 is 1.80 bits per heavy atom.